The van der Waals surface area contributed by atoms with E-state index in [1.165, 1.54) is 32.3 Å². The number of hydrogen-bond donors (Lipinski definition) is 1. The van der Waals surface area contributed by atoms with Crippen molar-refractivity contribution in [2.45, 2.75) is 25.7 Å². The number of methoxy groups -OCH3 is 3. The molecule has 1 aromatic carbocycles. The number of esters is 2. The minimum atomic E-state index is -1.20. The van der Waals surface area contributed by atoms with Gasteiger partial charge in [-0.3, -0.25) is 0 Å². The topological polar surface area (TPSA) is 102 Å². The molecule has 2 rings (SSSR count). The molecule has 1 aliphatic rings. The van der Waals surface area contributed by atoms with Crippen molar-refractivity contribution in [1.29, 1.82) is 0 Å². The van der Waals surface area contributed by atoms with Crippen molar-refractivity contribution in [3.05, 3.63) is 52.9 Å². The quantitative estimate of drug-likeness (QED) is 0.661. The summed E-state index contributed by atoms with van der Waals surface area (Å²) in [4.78, 5) is 38.6. The first-order chi connectivity index (χ1) is 13.9. The molecule has 29 heavy (non-hydrogen) atoms. The van der Waals surface area contributed by atoms with Crippen LogP contribution in [-0.4, -0.2) is 55.8 Å². The molecule has 156 valence electrons. The highest BCUT2D eigenvalue weighted by molar-refractivity contribution is 6.04. The Hall–Kier alpha value is -3.29. The van der Waals surface area contributed by atoms with E-state index in [1.54, 1.807) is 24.3 Å². The fourth-order valence-corrected chi connectivity index (χ4v) is 3.20. The Kier molecular flexibility index (Phi) is 7.41. The van der Waals surface area contributed by atoms with Crippen molar-refractivity contribution >= 4 is 17.9 Å². The minimum absolute atomic E-state index is 0.0330. The summed E-state index contributed by atoms with van der Waals surface area (Å²) in [5.74, 6) is -2.93. The number of unbranched alkanes of at least 4 members (excludes halogenated alkanes) is 1. The normalized spacial score (nSPS) is 16.2. The maximum atomic E-state index is 12.7. The number of carbonyl (C=O) groups is 3. The van der Waals surface area contributed by atoms with E-state index >= 15 is 0 Å². The summed E-state index contributed by atoms with van der Waals surface area (Å²) in [6, 6.07) is 6.80. The monoisotopic (exact) mass is 403 g/mol. The third-order valence-corrected chi connectivity index (χ3v) is 4.66. The average molecular weight is 403 g/mol. The van der Waals surface area contributed by atoms with Crippen LogP contribution in [0.25, 0.3) is 0 Å². The minimum Gasteiger partial charge on any atom is -0.497 e. The summed E-state index contributed by atoms with van der Waals surface area (Å²) in [5.41, 5.74) is 0.438. The second kappa shape index (κ2) is 9.77. The maximum absolute atomic E-state index is 12.7. The van der Waals surface area contributed by atoms with Crippen molar-refractivity contribution in [2.75, 3.05) is 27.9 Å². The number of carboxylic acid groups (broad SMARTS) is 1. The SMILES string of the molecule is CCCCN1C(C(=O)O)=CC(c2ccc(OC)cc2)C(C(=O)OC)=C1C(=O)OC. The van der Waals surface area contributed by atoms with Gasteiger partial charge in [-0.05, 0) is 30.2 Å². The van der Waals surface area contributed by atoms with Crippen molar-refractivity contribution in [3.8, 4) is 5.75 Å². The Morgan fingerprint density at radius 3 is 2.14 bits per heavy atom. The number of nitrogens with zero attached hydrogens (tertiary/aromatic N) is 1. The molecule has 1 heterocycles. The van der Waals surface area contributed by atoms with Crippen LogP contribution in [0.3, 0.4) is 0 Å². The van der Waals surface area contributed by atoms with Crippen LogP contribution in [0.2, 0.25) is 0 Å². The first-order valence-electron chi connectivity index (χ1n) is 9.16. The van der Waals surface area contributed by atoms with E-state index in [-0.39, 0.29) is 23.5 Å². The number of allylic oxidation sites excluding steroid dienone is 1. The lowest BCUT2D eigenvalue weighted by Gasteiger charge is -2.34. The first-order valence-corrected chi connectivity index (χ1v) is 9.16. The predicted molar refractivity (Wildman–Crippen MR) is 104 cm³/mol. The molecule has 1 atom stereocenters. The molecular weight excluding hydrogens is 378 g/mol. The van der Waals surface area contributed by atoms with E-state index in [4.69, 9.17) is 14.2 Å². The van der Waals surface area contributed by atoms with Gasteiger partial charge in [0.25, 0.3) is 0 Å². The number of hydrogen-bond acceptors (Lipinski definition) is 7. The number of aliphatic carboxylic acids is 1. The lowest BCUT2D eigenvalue weighted by molar-refractivity contribution is -0.141. The predicted octanol–water partition coefficient (Wildman–Crippen LogP) is 2.46. The van der Waals surface area contributed by atoms with Crippen LogP contribution in [0, 0.1) is 0 Å². The summed E-state index contributed by atoms with van der Waals surface area (Å²) in [6.45, 7) is 2.19. The highest BCUT2D eigenvalue weighted by Gasteiger charge is 2.39. The lowest BCUT2D eigenvalue weighted by atomic mass is 9.85. The molecule has 0 aliphatic carbocycles. The molecule has 1 unspecified atom stereocenters. The summed E-state index contributed by atoms with van der Waals surface area (Å²) in [6.07, 6.45) is 2.85. The molecule has 1 N–H and O–H groups in total. The van der Waals surface area contributed by atoms with E-state index in [2.05, 4.69) is 0 Å². The fourth-order valence-electron chi connectivity index (χ4n) is 3.20. The van der Waals surface area contributed by atoms with Crippen LogP contribution in [0.1, 0.15) is 31.2 Å². The van der Waals surface area contributed by atoms with Gasteiger partial charge in [0.1, 0.15) is 17.1 Å². The van der Waals surface area contributed by atoms with Crippen LogP contribution < -0.4 is 4.74 Å². The van der Waals surface area contributed by atoms with Gasteiger partial charge in [0.05, 0.1) is 26.9 Å². The molecule has 8 nitrogen and oxygen atoms in total. The van der Waals surface area contributed by atoms with E-state index in [0.29, 0.717) is 17.7 Å². The van der Waals surface area contributed by atoms with Gasteiger partial charge in [-0.15, -0.1) is 0 Å². The highest BCUT2D eigenvalue weighted by Crippen LogP contribution is 2.38. The smallest absolute Gasteiger partial charge is 0.355 e. The average Bonchev–Trinajstić information content (AvgIpc) is 2.75. The third-order valence-electron chi connectivity index (χ3n) is 4.66. The molecular formula is C21H25NO7. The van der Waals surface area contributed by atoms with E-state index in [9.17, 15) is 19.5 Å². The molecule has 0 amide bonds. The Morgan fingerprint density at radius 1 is 1.03 bits per heavy atom. The molecule has 0 aromatic heterocycles. The molecule has 0 saturated heterocycles. The summed E-state index contributed by atoms with van der Waals surface area (Å²) < 4.78 is 15.0. The number of rotatable bonds is 8. The molecule has 8 heteroatoms. The highest BCUT2D eigenvalue weighted by atomic mass is 16.5. The van der Waals surface area contributed by atoms with Gasteiger partial charge in [-0.25, -0.2) is 14.4 Å². The number of ether oxygens (including phenoxy) is 3. The molecule has 0 saturated carbocycles. The van der Waals surface area contributed by atoms with Crippen LogP contribution >= 0.6 is 0 Å². The van der Waals surface area contributed by atoms with Gasteiger partial charge in [0.2, 0.25) is 0 Å². The first kappa shape index (κ1) is 22.0. The van der Waals surface area contributed by atoms with Crippen LogP contribution in [0.4, 0.5) is 0 Å². The van der Waals surface area contributed by atoms with Crippen LogP contribution in [0.15, 0.2) is 47.3 Å². The van der Waals surface area contributed by atoms with Gasteiger partial charge < -0.3 is 24.2 Å². The zero-order valence-electron chi connectivity index (χ0n) is 16.9. The lowest BCUT2D eigenvalue weighted by Crippen LogP contribution is -2.38. The van der Waals surface area contributed by atoms with E-state index in [1.807, 2.05) is 6.92 Å². The summed E-state index contributed by atoms with van der Waals surface area (Å²) >= 11 is 0. The second-order valence-electron chi connectivity index (χ2n) is 6.36. The molecule has 0 radical (unpaired) electrons. The Morgan fingerprint density at radius 2 is 1.66 bits per heavy atom. The van der Waals surface area contributed by atoms with Gasteiger partial charge in [-0.1, -0.05) is 25.5 Å². The van der Waals surface area contributed by atoms with Crippen LogP contribution in [0.5, 0.6) is 5.75 Å². The van der Waals surface area contributed by atoms with Crippen molar-refractivity contribution < 1.29 is 33.7 Å². The van der Waals surface area contributed by atoms with Gasteiger partial charge >= 0.3 is 17.9 Å². The maximum Gasteiger partial charge on any atom is 0.355 e. The van der Waals surface area contributed by atoms with Gasteiger partial charge in [-0.2, -0.15) is 0 Å². The van der Waals surface area contributed by atoms with Crippen molar-refractivity contribution in [1.82, 2.24) is 4.90 Å². The third kappa shape index (κ3) is 4.59. The molecule has 0 spiro atoms. The zero-order valence-corrected chi connectivity index (χ0v) is 16.9. The van der Waals surface area contributed by atoms with E-state index < -0.39 is 23.8 Å². The Balaban J connectivity index is 2.74. The number of benzene rings is 1. The largest absolute Gasteiger partial charge is 0.497 e. The van der Waals surface area contributed by atoms with Gasteiger partial charge in [0, 0.05) is 12.5 Å². The Bertz CT molecular complexity index is 839. The molecule has 1 aromatic rings. The second-order valence-corrected chi connectivity index (χ2v) is 6.36. The van der Waals surface area contributed by atoms with Gasteiger partial charge in [0.15, 0.2) is 0 Å². The zero-order chi connectivity index (χ0) is 21.6. The van der Waals surface area contributed by atoms with Crippen LogP contribution in [-0.2, 0) is 23.9 Å². The number of carbonyl (C=O) groups excluding carboxylic acids is 2. The summed E-state index contributed by atoms with van der Waals surface area (Å²) in [5, 5.41) is 9.79. The van der Waals surface area contributed by atoms with E-state index in [0.717, 1.165) is 6.42 Å². The molecule has 0 bridgehead atoms. The number of carboxylic acids is 1. The standard InChI is InChI=1S/C21H25NO7/c1-5-6-11-22-16(19(23)24)12-15(13-7-9-14(27-2)10-8-13)17(20(25)28-3)18(22)21(26)29-4/h7-10,12,15H,5-6,11H2,1-4H3,(H,23,24). The Labute approximate surface area is 169 Å². The summed E-state index contributed by atoms with van der Waals surface area (Å²) in [7, 11) is 3.92. The fraction of sp³-hybridized carbons (Fsp3) is 0.381. The van der Waals surface area contributed by atoms with Crippen molar-refractivity contribution in [2.24, 2.45) is 0 Å². The van der Waals surface area contributed by atoms with Crippen molar-refractivity contribution in [3.63, 3.8) is 0 Å². The molecule has 0 fully saturated rings. The molecule has 1 aliphatic heterocycles.